The molecule has 0 bridgehead atoms. The van der Waals surface area contributed by atoms with Crippen LogP contribution in [0, 0.1) is 0 Å². The van der Waals surface area contributed by atoms with Crippen molar-refractivity contribution >= 4 is 23.0 Å². The van der Waals surface area contributed by atoms with E-state index in [1.165, 1.54) is 11.0 Å². The number of carbonyl (C=O) groups is 1. The van der Waals surface area contributed by atoms with Crippen LogP contribution in [0.4, 0.5) is 17.1 Å². The molecule has 0 unspecified atom stereocenters. The zero-order valence-electron chi connectivity index (χ0n) is 18.1. The summed E-state index contributed by atoms with van der Waals surface area (Å²) in [6.07, 6.45) is 0.707. The summed E-state index contributed by atoms with van der Waals surface area (Å²) in [5.41, 5.74) is 0.281. The van der Waals surface area contributed by atoms with Crippen molar-refractivity contribution in [1.29, 1.82) is 0 Å². The summed E-state index contributed by atoms with van der Waals surface area (Å²) in [5.74, 6) is -0.608. The molecule has 31 heavy (non-hydrogen) atoms. The molecule has 0 radical (unpaired) electrons. The highest BCUT2D eigenvalue weighted by atomic mass is 16.3. The summed E-state index contributed by atoms with van der Waals surface area (Å²) >= 11 is 0. The van der Waals surface area contributed by atoms with E-state index in [1.54, 1.807) is 19.2 Å². The smallest absolute Gasteiger partial charge is 0.257 e. The van der Waals surface area contributed by atoms with Crippen LogP contribution < -0.4 is 21.5 Å². The van der Waals surface area contributed by atoms with Crippen molar-refractivity contribution in [2.45, 2.75) is 39.3 Å². The molecule has 0 aromatic heterocycles. The maximum absolute atomic E-state index is 12.6. The molecule has 162 valence electrons. The first-order valence-corrected chi connectivity index (χ1v) is 10.3. The number of anilines is 3. The molecule has 3 rings (SSSR count). The zero-order valence-corrected chi connectivity index (χ0v) is 18.1. The number of phenols is 1. The molecule has 3 aromatic rings. The van der Waals surface area contributed by atoms with E-state index in [1.807, 2.05) is 51.1 Å². The lowest BCUT2D eigenvalue weighted by Gasteiger charge is -2.24. The van der Waals surface area contributed by atoms with Gasteiger partial charge in [0.2, 0.25) is 0 Å². The molecule has 1 amide bonds. The third kappa shape index (κ3) is 4.30. The molecule has 7 heteroatoms. The van der Waals surface area contributed by atoms with Crippen LogP contribution in [0.1, 0.15) is 49.2 Å². The molecule has 0 aliphatic rings. The minimum atomic E-state index is -0.666. The Morgan fingerprint density at radius 1 is 1.00 bits per heavy atom. The van der Waals surface area contributed by atoms with Crippen LogP contribution in [0.2, 0.25) is 0 Å². The Kier molecular flexibility index (Phi) is 6.44. The van der Waals surface area contributed by atoms with E-state index in [0.717, 1.165) is 5.56 Å². The van der Waals surface area contributed by atoms with E-state index in [-0.39, 0.29) is 46.4 Å². The average molecular weight is 421 g/mol. The number of nitrogens with one attached hydrogen (secondary N) is 2. The lowest BCUT2D eigenvalue weighted by atomic mass is 10.0. The van der Waals surface area contributed by atoms with Gasteiger partial charge in [-0.1, -0.05) is 43.3 Å². The second-order valence-corrected chi connectivity index (χ2v) is 7.76. The predicted molar refractivity (Wildman–Crippen MR) is 123 cm³/mol. The molecule has 0 aliphatic carbocycles. The second kappa shape index (κ2) is 9.04. The summed E-state index contributed by atoms with van der Waals surface area (Å²) in [5, 5.41) is 16.7. The molecule has 0 saturated heterocycles. The van der Waals surface area contributed by atoms with Crippen LogP contribution in [0.15, 0.2) is 58.1 Å². The predicted octanol–water partition coefficient (Wildman–Crippen LogP) is 3.78. The first kappa shape index (κ1) is 22.1. The van der Waals surface area contributed by atoms with Gasteiger partial charge in [0.15, 0.2) is 5.75 Å². The van der Waals surface area contributed by atoms with Crippen molar-refractivity contribution in [1.82, 2.24) is 4.90 Å². The summed E-state index contributed by atoms with van der Waals surface area (Å²) in [4.78, 5) is 38.6. The van der Waals surface area contributed by atoms with E-state index in [2.05, 4.69) is 10.6 Å². The fourth-order valence-corrected chi connectivity index (χ4v) is 3.31. The Labute approximate surface area is 181 Å². The Bertz CT molecular complexity index is 1150. The van der Waals surface area contributed by atoms with Crippen LogP contribution in [0.3, 0.4) is 0 Å². The van der Waals surface area contributed by atoms with Gasteiger partial charge in [0.25, 0.3) is 16.8 Å². The van der Waals surface area contributed by atoms with E-state index in [4.69, 9.17) is 0 Å². The number of hydrogen-bond donors (Lipinski definition) is 3. The molecule has 1 atom stereocenters. The van der Waals surface area contributed by atoms with Gasteiger partial charge >= 0.3 is 0 Å². The molecule has 3 aromatic carbocycles. The Balaban J connectivity index is 1.89. The van der Waals surface area contributed by atoms with E-state index in [0.29, 0.717) is 6.42 Å². The summed E-state index contributed by atoms with van der Waals surface area (Å²) < 4.78 is 0. The van der Waals surface area contributed by atoms with Gasteiger partial charge in [-0.2, -0.15) is 0 Å². The van der Waals surface area contributed by atoms with Gasteiger partial charge < -0.3 is 20.6 Å². The van der Waals surface area contributed by atoms with Crippen molar-refractivity contribution in [3.05, 3.63) is 80.1 Å². The monoisotopic (exact) mass is 421 g/mol. The molecule has 0 spiro atoms. The number of aromatic hydroxyl groups is 1. The fraction of sp³-hybridized carbons (Fsp3) is 0.292. The summed E-state index contributed by atoms with van der Waals surface area (Å²) in [6, 6.07) is 14.1. The maximum atomic E-state index is 12.6. The number of nitrogens with zero attached hydrogens (tertiary/aromatic N) is 1. The van der Waals surface area contributed by atoms with Crippen LogP contribution >= 0.6 is 0 Å². The van der Waals surface area contributed by atoms with Crippen molar-refractivity contribution < 1.29 is 9.90 Å². The first-order valence-electron chi connectivity index (χ1n) is 10.3. The molecular weight excluding hydrogens is 394 g/mol. The fourth-order valence-electron chi connectivity index (χ4n) is 3.31. The Hall–Kier alpha value is -3.61. The maximum Gasteiger partial charge on any atom is 0.257 e. The van der Waals surface area contributed by atoms with Crippen molar-refractivity contribution in [3.8, 4) is 5.75 Å². The third-order valence-electron chi connectivity index (χ3n) is 5.46. The number of carbonyl (C=O) groups excluding carboxylic acids is 1. The second-order valence-electron chi connectivity index (χ2n) is 7.76. The van der Waals surface area contributed by atoms with Gasteiger partial charge in [0.05, 0.1) is 17.3 Å². The number of rotatable bonds is 8. The summed E-state index contributed by atoms with van der Waals surface area (Å²) in [7, 11) is 1.65. The summed E-state index contributed by atoms with van der Waals surface area (Å²) in [6.45, 7) is 5.72. The highest BCUT2D eigenvalue weighted by Gasteiger charge is 2.26. The highest BCUT2D eigenvalue weighted by molar-refractivity contribution is 5.99. The number of para-hydroxylation sites is 1. The quantitative estimate of drug-likeness (QED) is 0.378. The van der Waals surface area contributed by atoms with Crippen LogP contribution in [-0.4, -0.2) is 29.0 Å². The average Bonchev–Trinajstić information content (AvgIpc) is 2.78. The number of phenolic OH excluding ortho intramolecular Hbond substituents is 1. The standard InChI is InChI=1S/C24H27N3O4/c1-5-17(15-10-7-6-8-11-15)25-19-20(23(30)22(19)29)26-18-13-9-12-16(21(18)28)24(31)27(4)14(2)3/h6-14,17,25-26,28H,5H2,1-4H3/t17-/m1/s1. The molecule has 3 N–H and O–H groups in total. The van der Waals surface area contributed by atoms with Crippen molar-refractivity contribution in [2.75, 3.05) is 17.7 Å². The SMILES string of the molecule is CC[C@@H](Nc1c(Nc2cccc(C(=O)N(C)C(C)C)c2O)c(=O)c1=O)c1ccccc1. The highest BCUT2D eigenvalue weighted by Crippen LogP contribution is 2.33. The molecule has 0 heterocycles. The van der Waals surface area contributed by atoms with E-state index < -0.39 is 10.9 Å². The minimum Gasteiger partial charge on any atom is -0.505 e. The van der Waals surface area contributed by atoms with Crippen LogP contribution in [0.5, 0.6) is 5.75 Å². The van der Waals surface area contributed by atoms with Gasteiger partial charge in [0, 0.05) is 13.1 Å². The molecule has 0 saturated carbocycles. The molecule has 0 fully saturated rings. The van der Waals surface area contributed by atoms with Gasteiger partial charge in [-0.15, -0.1) is 0 Å². The molecular formula is C24H27N3O4. The third-order valence-corrected chi connectivity index (χ3v) is 5.46. The van der Waals surface area contributed by atoms with Gasteiger partial charge in [-0.3, -0.25) is 14.4 Å². The lowest BCUT2D eigenvalue weighted by molar-refractivity contribution is 0.0752. The molecule has 0 aliphatic heterocycles. The Morgan fingerprint density at radius 3 is 2.26 bits per heavy atom. The van der Waals surface area contributed by atoms with Crippen molar-refractivity contribution in [3.63, 3.8) is 0 Å². The van der Waals surface area contributed by atoms with Gasteiger partial charge in [-0.05, 0) is 38.0 Å². The zero-order chi connectivity index (χ0) is 22.7. The number of benzene rings is 2. The van der Waals surface area contributed by atoms with Crippen LogP contribution in [0.25, 0.3) is 0 Å². The largest absolute Gasteiger partial charge is 0.505 e. The Morgan fingerprint density at radius 2 is 1.65 bits per heavy atom. The van der Waals surface area contributed by atoms with Crippen LogP contribution in [-0.2, 0) is 0 Å². The van der Waals surface area contributed by atoms with Gasteiger partial charge in [0.1, 0.15) is 11.4 Å². The first-order chi connectivity index (χ1) is 14.8. The van der Waals surface area contributed by atoms with Crippen molar-refractivity contribution in [2.24, 2.45) is 0 Å². The number of hydrogen-bond acceptors (Lipinski definition) is 6. The normalized spacial score (nSPS) is 12.0. The van der Waals surface area contributed by atoms with Gasteiger partial charge in [-0.25, -0.2) is 0 Å². The minimum absolute atomic E-state index is 0.0446. The van der Waals surface area contributed by atoms with E-state index in [9.17, 15) is 19.5 Å². The topological polar surface area (TPSA) is 98.7 Å². The lowest BCUT2D eigenvalue weighted by Crippen LogP contribution is -2.37. The number of amides is 1. The van der Waals surface area contributed by atoms with E-state index >= 15 is 0 Å². The molecule has 7 nitrogen and oxygen atoms in total.